The standard InChI is InChI=1S/C31H46N4O3/c1-7-33-16-18-34(19-17-33)27-11-8-10-24-25(27)21-35(30(24)36)26(12-9-15-32-22-31(2,3)4)23-13-14-28(37-5)29(20-23)38-6/h8,10-11,13-14,20,26,32H,7,9,12,15-19,21-22H2,1-6H3/t26-/m1/s1. The van der Waals surface area contributed by atoms with Crippen molar-refractivity contribution in [3.8, 4) is 11.5 Å². The molecule has 4 rings (SSSR count). The van der Waals surface area contributed by atoms with Gasteiger partial charge in [0.25, 0.3) is 5.91 Å². The van der Waals surface area contributed by atoms with Crippen LogP contribution in [0.5, 0.6) is 11.5 Å². The van der Waals surface area contributed by atoms with E-state index in [4.69, 9.17) is 9.47 Å². The molecule has 2 aromatic rings. The van der Waals surface area contributed by atoms with E-state index in [1.54, 1.807) is 14.2 Å². The molecule has 0 aromatic heterocycles. The molecule has 2 aromatic carbocycles. The fourth-order valence-electron chi connectivity index (χ4n) is 5.64. The number of carbonyl (C=O) groups excluding carboxylic acids is 1. The molecule has 7 heteroatoms. The Balaban J connectivity index is 1.58. The fraction of sp³-hybridized carbons (Fsp3) is 0.581. The van der Waals surface area contributed by atoms with Gasteiger partial charge in [0, 0.05) is 49.5 Å². The van der Waals surface area contributed by atoms with Gasteiger partial charge in [-0.3, -0.25) is 4.79 Å². The molecule has 1 fully saturated rings. The van der Waals surface area contributed by atoms with Crippen LogP contribution in [0, 0.1) is 5.41 Å². The zero-order valence-electron chi connectivity index (χ0n) is 24.2. The number of likely N-dealkylation sites (N-methyl/N-ethyl adjacent to an activating group) is 1. The number of amides is 1. The number of methoxy groups -OCH3 is 2. The van der Waals surface area contributed by atoms with E-state index in [-0.39, 0.29) is 17.4 Å². The van der Waals surface area contributed by atoms with Gasteiger partial charge in [-0.25, -0.2) is 0 Å². The normalized spacial score (nSPS) is 17.1. The van der Waals surface area contributed by atoms with Crippen LogP contribution in [-0.2, 0) is 6.54 Å². The van der Waals surface area contributed by atoms with Crippen LogP contribution >= 0.6 is 0 Å². The lowest BCUT2D eigenvalue weighted by molar-refractivity contribution is 0.0689. The molecule has 1 atom stereocenters. The van der Waals surface area contributed by atoms with Crippen LogP contribution in [0.1, 0.15) is 68.1 Å². The van der Waals surface area contributed by atoms with E-state index in [2.05, 4.69) is 59.8 Å². The number of nitrogens with zero attached hydrogens (tertiary/aromatic N) is 3. The minimum absolute atomic E-state index is 0.0454. The molecule has 1 N–H and O–H groups in total. The van der Waals surface area contributed by atoms with E-state index < -0.39 is 0 Å². The van der Waals surface area contributed by atoms with E-state index in [9.17, 15) is 4.79 Å². The summed E-state index contributed by atoms with van der Waals surface area (Å²) in [6, 6.07) is 12.3. The van der Waals surface area contributed by atoms with Crippen LogP contribution in [0.2, 0.25) is 0 Å². The number of piperazine rings is 1. The van der Waals surface area contributed by atoms with Gasteiger partial charge in [0.1, 0.15) is 0 Å². The molecule has 0 aliphatic carbocycles. The molecule has 7 nitrogen and oxygen atoms in total. The second kappa shape index (κ2) is 12.4. The minimum Gasteiger partial charge on any atom is -0.493 e. The largest absolute Gasteiger partial charge is 0.493 e. The fourth-order valence-corrected chi connectivity index (χ4v) is 5.64. The number of anilines is 1. The molecule has 208 valence electrons. The maximum absolute atomic E-state index is 13.9. The lowest BCUT2D eigenvalue weighted by Gasteiger charge is -2.36. The Morgan fingerprint density at radius 1 is 1.00 bits per heavy atom. The van der Waals surface area contributed by atoms with Gasteiger partial charge in [-0.1, -0.05) is 39.8 Å². The number of ether oxygens (including phenoxy) is 2. The summed E-state index contributed by atoms with van der Waals surface area (Å²) in [5, 5.41) is 3.59. The number of carbonyl (C=O) groups is 1. The lowest BCUT2D eigenvalue weighted by atomic mass is 9.96. The third-order valence-corrected chi connectivity index (χ3v) is 7.79. The topological polar surface area (TPSA) is 57.3 Å². The van der Waals surface area contributed by atoms with E-state index >= 15 is 0 Å². The number of hydrogen-bond acceptors (Lipinski definition) is 6. The molecule has 38 heavy (non-hydrogen) atoms. The van der Waals surface area contributed by atoms with Gasteiger partial charge < -0.3 is 29.5 Å². The van der Waals surface area contributed by atoms with Crippen molar-refractivity contribution in [2.75, 3.05) is 64.9 Å². The molecule has 2 heterocycles. The summed E-state index contributed by atoms with van der Waals surface area (Å²) in [5.41, 5.74) is 4.55. The Morgan fingerprint density at radius 2 is 1.74 bits per heavy atom. The molecule has 2 aliphatic heterocycles. The summed E-state index contributed by atoms with van der Waals surface area (Å²) in [6.45, 7) is 16.7. The first-order valence-electron chi connectivity index (χ1n) is 14.1. The Morgan fingerprint density at radius 3 is 2.39 bits per heavy atom. The van der Waals surface area contributed by atoms with Crippen molar-refractivity contribution in [3.63, 3.8) is 0 Å². The molecular formula is C31H46N4O3. The van der Waals surface area contributed by atoms with Crippen molar-refractivity contribution in [2.45, 2.75) is 53.1 Å². The van der Waals surface area contributed by atoms with Gasteiger partial charge in [0.2, 0.25) is 0 Å². The number of hydrogen-bond donors (Lipinski definition) is 1. The van der Waals surface area contributed by atoms with Crippen LogP contribution in [0.4, 0.5) is 5.69 Å². The molecule has 0 unspecified atom stereocenters. The summed E-state index contributed by atoms with van der Waals surface area (Å²) in [7, 11) is 3.31. The highest BCUT2D eigenvalue weighted by atomic mass is 16.5. The van der Waals surface area contributed by atoms with E-state index in [1.165, 1.54) is 11.3 Å². The van der Waals surface area contributed by atoms with Gasteiger partial charge in [-0.15, -0.1) is 0 Å². The first-order chi connectivity index (χ1) is 18.3. The van der Waals surface area contributed by atoms with Gasteiger partial charge in [0.15, 0.2) is 11.5 Å². The Hall–Kier alpha value is -2.77. The SMILES string of the molecule is CCN1CCN(c2cccc3c2CN([C@H](CCCNCC(C)(C)C)c2ccc(OC)c(OC)c2)C3=O)CC1. The monoisotopic (exact) mass is 522 g/mol. The minimum atomic E-state index is -0.0454. The molecule has 0 saturated carbocycles. The summed E-state index contributed by atoms with van der Waals surface area (Å²) in [4.78, 5) is 20.9. The quantitative estimate of drug-likeness (QED) is 0.421. The Labute approximate surface area is 229 Å². The van der Waals surface area contributed by atoms with Gasteiger partial charge in [-0.05, 0) is 67.7 Å². The second-order valence-electron chi connectivity index (χ2n) is 11.7. The summed E-state index contributed by atoms with van der Waals surface area (Å²) in [5.74, 6) is 1.52. The third kappa shape index (κ3) is 6.44. The van der Waals surface area contributed by atoms with Crippen LogP contribution in [0.15, 0.2) is 36.4 Å². The Bertz CT molecular complexity index is 1090. The molecule has 1 saturated heterocycles. The molecule has 0 radical (unpaired) electrons. The smallest absolute Gasteiger partial charge is 0.255 e. The first-order valence-corrected chi connectivity index (χ1v) is 14.1. The highest BCUT2D eigenvalue weighted by Crippen LogP contribution is 2.40. The molecule has 2 aliphatic rings. The van der Waals surface area contributed by atoms with Crippen molar-refractivity contribution in [3.05, 3.63) is 53.1 Å². The van der Waals surface area contributed by atoms with Crippen LogP contribution in [0.3, 0.4) is 0 Å². The van der Waals surface area contributed by atoms with Crippen molar-refractivity contribution >= 4 is 11.6 Å². The maximum Gasteiger partial charge on any atom is 0.255 e. The van der Waals surface area contributed by atoms with E-state index in [1.807, 2.05) is 24.3 Å². The number of rotatable bonds is 11. The maximum atomic E-state index is 13.9. The molecule has 0 spiro atoms. The average molecular weight is 523 g/mol. The van der Waals surface area contributed by atoms with Gasteiger partial charge in [0.05, 0.1) is 20.3 Å². The zero-order chi connectivity index (χ0) is 27.3. The zero-order valence-corrected chi connectivity index (χ0v) is 24.2. The van der Waals surface area contributed by atoms with Crippen molar-refractivity contribution in [2.24, 2.45) is 5.41 Å². The molecule has 0 bridgehead atoms. The summed E-state index contributed by atoms with van der Waals surface area (Å²) < 4.78 is 11.1. The van der Waals surface area contributed by atoms with Crippen molar-refractivity contribution in [1.29, 1.82) is 0 Å². The second-order valence-corrected chi connectivity index (χ2v) is 11.7. The van der Waals surface area contributed by atoms with Crippen LogP contribution < -0.4 is 19.7 Å². The summed E-state index contributed by atoms with van der Waals surface area (Å²) >= 11 is 0. The lowest BCUT2D eigenvalue weighted by Crippen LogP contribution is -2.46. The van der Waals surface area contributed by atoms with Gasteiger partial charge in [-0.2, -0.15) is 0 Å². The highest BCUT2D eigenvalue weighted by Gasteiger charge is 2.36. The van der Waals surface area contributed by atoms with Gasteiger partial charge >= 0.3 is 0 Å². The Kier molecular flexibility index (Phi) is 9.21. The molecular weight excluding hydrogens is 476 g/mol. The molecule has 1 amide bonds. The number of nitrogens with one attached hydrogen (secondary N) is 1. The van der Waals surface area contributed by atoms with E-state index in [0.29, 0.717) is 18.0 Å². The van der Waals surface area contributed by atoms with Crippen LogP contribution in [-0.4, -0.2) is 75.7 Å². The predicted molar refractivity (Wildman–Crippen MR) is 154 cm³/mol. The number of fused-ring (bicyclic) bond motifs is 1. The van der Waals surface area contributed by atoms with E-state index in [0.717, 1.165) is 69.8 Å². The third-order valence-electron chi connectivity index (χ3n) is 7.79. The predicted octanol–water partition coefficient (Wildman–Crippen LogP) is 4.96. The van der Waals surface area contributed by atoms with Crippen molar-refractivity contribution < 1.29 is 14.3 Å². The number of benzene rings is 2. The first kappa shape index (κ1) is 28.2. The summed E-state index contributed by atoms with van der Waals surface area (Å²) in [6.07, 6.45) is 1.85. The van der Waals surface area contributed by atoms with Crippen molar-refractivity contribution in [1.82, 2.24) is 15.1 Å². The van der Waals surface area contributed by atoms with Crippen LogP contribution in [0.25, 0.3) is 0 Å². The highest BCUT2D eigenvalue weighted by molar-refractivity contribution is 6.00. The average Bonchev–Trinajstić information content (AvgIpc) is 3.25.